The van der Waals surface area contributed by atoms with E-state index in [0.717, 1.165) is 6.42 Å². The number of hydrogen-bond donors (Lipinski definition) is 1. The molecule has 6 heteroatoms. The van der Waals surface area contributed by atoms with Crippen LogP contribution in [-0.2, 0) is 0 Å². The lowest BCUT2D eigenvalue weighted by Gasteiger charge is -2.29. The van der Waals surface area contributed by atoms with Crippen molar-refractivity contribution in [2.75, 3.05) is 11.4 Å². The molecule has 0 aliphatic rings. The van der Waals surface area contributed by atoms with Gasteiger partial charge in [-0.05, 0) is 32.4 Å². The van der Waals surface area contributed by atoms with Crippen LogP contribution in [0.3, 0.4) is 0 Å². The molecule has 0 bridgehead atoms. The van der Waals surface area contributed by atoms with E-state index in [9.17, 15) is 13.2 Å². The van der Waals surface area contributed by atoms with Crippen molar-refractivity contribution < 1.29 is 13.2 Å². The van der Waals surface area contributed by atoms with E-state index in [1.807, 2.05) is 6.92 Å². The van der Waals surface area contributed by atoms with E-state index in [-0.39, 0.29) is 12.1 Å². The van der Waals surface area contributed by atoms with Crippen LogP contribution in [0.1, 0.15) is 38.9 Å². The maximum atomic E-state index is 12.5. The third-order valence-electron chi connectivity index (χ3n) is 2.90. The first-order valence-corrected chi connectivity index (χ1v) is 6.29. The summed E-state index contributed by atoms with van der Waals surface area (Å²) in [4.78, 5) is 5.42. The summed E-state index contributed by atoms with van der Waals surface area (Å²) in [6, 6.07) is 2.90. The van der Waals surface area contributed by atoms with Gasteiger partial charge in [-0.3, -0.25) is 4.98 Å². The zero-order valence-corrected chi connectivity index (χ0v) is 11.4. The third kappa shape index (κ3) is 4.70. The van der Waals surface area contributed by atoms with Crippen LogP contribution >= 0.6 is 0 Å². The van der Waals surface area contributed by atoms with Crippen LogP contribution in [0.4, 0.5) is 18.9 Å². The minimum absolute atomic E-state index is 0.177. The van der Waals surface area contributed by atoms with E-state index < -0.39 is 12.7 Å². The van der Waals surface area contributed by atoms with Gasteiger partial charge in [-0.2, -0.15) is 13.2 Å². The van der Waals surface area contributed by atoms with E-state index in [1.54, 1.807) is 26.0 Å². The number of rotatable bonds is 5. The van der Waals surface area contributed by atoms with Crippen LogP contribution in [0.5, 0.6) is 0 Å². The predicted molar refractivity (Wildman–Crippen MR) is 70.0 cm³/mol. The standard InChI is InChI=1S/C13H20F3N3/c1-4-11(17)12-6-5-10(7-18-12)19(9(2)3)8-13(14,15)16/h5-7,9,11H,4,8,17H2,1-3H3. The molecule has 0 aliphatic heterocycles. The van der Waals surface area contributed by atoms with Crippen molar-refractivity contribution in [1.82, 2.24) is 4.98 Å². The molecule has 108 valence electrons. The van der Waals surface area contributed by atoms with Gasteiger partial charge in [-0.25, -0.2) is 0 Å². The molecule has 1 unspecified atom stereocenters. The number of nitrogens with two attached hydrogens (primary N) is 1. The summed E-state index contributed by atoms with van der Waals surface area (Å²) in [5, 5.41) is 0. The summed E-state index contributed by atoms with van der Waals surface area (Å²) in [5.41, 5.74) is 6.98. The summed E-state index contributed by atoms with van der Waals surface area (Å²) in [6.07, 6.45) is -2.04. The van der Waals surface area contributed by atoms with Crippen molar-refractivity contribution in [3.05, 3.63) is 24.0 Å². The van der Waals surface area contributed by atoms with E-state index >= 15 is 0 Å². The van der Waals surface area contributed by atoms with Gasteiger partial charge in [0, 0.05) is 12.1 Å². The van der Waals surface area contributed by atoms with Gasteiger partial charge in [-0.15, -0.1) is 0 Å². The smallest absolute Gasteiger partial charge is 0.359 e. The van der Waals surface area contributed by atoms with E-state index in [4.69, 9.17) is 5.73 Å². The molecule has 2 N–H and O–H groups in total. The van der Waals surface area contributed by atoms with Gasteiger partial charge in [0.05, 0.1) is 17.6 Å². The second-order valence-corrected chi connectivity index (χ2v) is 4.79. The zero-order valence-electron chi connectivity index (χ0n) is 11.4. The monoisotopic (exact) mass is 275 g/mol. The van der Waals surface area contributed by atoms with Crippen LogP contribution in [-0.4, -0.2) is 23.7 Å². The van der Waals surface area contributed by atoms with E-state index in [1.165, 1.54) is 11.1 Å². The topological polar surface area (TPSA) is 42.1 Å². The molecule has 0 aliphatic carbocycles. The Morgan fingerprint density at radius 2 is 1.95 bits per heavy atom. The molecule has 1 atom stereocenters. The third-order valence-corrected chi connectivity index (χ3v) is 2.90. The van der Waals surface area contributed by atoms with Gasteiger partial charge in [0.2, 0.25) is 0 Å². The molecule has 1 aromatic heterocycles. The molecular formula is C13H20F3N3. The number of nitrogens with zero attached hydrogens (tertiary/aromatic N) is 2. The van der Waals surface area contributed by atoms with Crippen LogP contribution in [0.2, 0.25) is 0 Å². The first kappa shape index (κ1) is 15.8. The number of hydrogen-bond acceptors (Lipinski definition) is 3. The number of halogens is 3. The lowest BCUT2D eigenvalue weighted by atomic mass is 10.1. The Labute approximate surface area is 111 Å². The van der Waals surface area contributed by atoms with Crippen LogP contribution in [0.15, 0.2) is 18.3 Å². The normalized spacial score (nSPS) is 13.7. The Balaban J connectivity index is 2.92. The van der Waals surface area contributed by atoms with Gasteiger partial charge < -0.3 is 10.6 Å². The lowest BCUT2D eigenvalue weighted by molar-refractivity contribution is -0.120. The van der Waals surface area contributed by atoms with E-state index in [2.05, 4.69) is 4.98 Å². The maximum absolute atomic E-state index is 12.5. The molecule has 0 aromatic carbocycles. The van der Waals surface area contributed by atoms with Crippen molar-refractivity contribution in [3.8, 4) is 0 Å². The highest BCUT2D eigenvalue weighted by atomic mass is 19.4. The zero-order chi connectivity index (χ0) is 14.6. The van der Waals surface area contributed by atoms with Crippen molar-refractivity contribution >= 4 is 5.69 Å². The number of aromatic nitrogens is 1. The Kier molecular flexibility index (Phi) is 5.17. The summed E-state index contributed by atoms with van der Waals surface area (Å²) in [7, 11) is 0. The molecular weight excluding hydrogens is 255 g/mol. The average molecular weight is 275 g/mol. The molecule has 0 saturated carbocycles. The molecule has 1 aromatic rings. The van der Waals surface area contributed by atoms with Crippen LogP contribution in [0.25, 0.3) is 0 Å². The summed E-state index contributed by atoms with van der Waals surface area (Å²) >= 11 is 0. The first-order chi connectivity index (χ1) is 8.74. The predicted octanol–water partition coefficient (Wildman–Crippen LogP) is 3.27. The Morgan fingerprint density at radius 3 is 2.32 bits per heavy atom. The highest BCUT2D eigenvalue weighted by Crippen LogP contribution is 2.24. The fourth-order valence-corrected chi connectivity index (χ4v) is 1.76. The molecule has 1 heterocycles. The summed E-state index contributed by atoms with van der Waals surface area (Å²) in [5.74, 6) is 0. The highest BCUT2D eigenvalue weighted by molar-refractivity contribution is 5.46. The Morgan fingerprint density at radius 1 is 1.32 bits per heavy atom. The van der Waals surface area contributed by atoms with Gasteiger partial charge in [0.1, 0.15) is 6.54 Å². The Hall–Kier alpha value is -1.30. The number of pyridine rings is 1. The first-order valence-electron chi connectivity index (χ1n) is 6.29. The van der Waals surface area contributed by atoms with E-state index in [0.29, 0.717) is 11.4 Å². The minimum Gasteiger partial charge on any atom is -0.359 e. The molecule has 0 saturated heterocycles. The quantitative estimate of drug-likeness (QED) is 0.896. The molecule has 0 amide bonds. The maximum Gasteiger partial charge on any atom is 0.405 e. The molecule has 0 fully saturated rings. The minimum atomic E-state index is -4.23. The average Bonchev–Trinajstić information content (AvgIpc) is 2.34. The van der Waals surface area contributed by atoms with Gasteiger partial charge in [-0.1, -0.05) is 6.92 Å². The van der Waals surface area contributed by atoms with Gasteiger partial charge >= 0.3 is 6.18 Å². The van der Waals surface area contributed by atoms with Crippen molar-refractivity contribution in [1.29, 1.82) is 0 Å². The van der Waals surface area contributed by atoms with Gasteiger partial charge in [0.15, 0.2) is 0 Å². The molecule has 19 heavy (non-hydrogen) atoms. The summed E-state index contributed by atoms with van der Waals surface area (Å²) in [6.45, 7) is 4.39. The molecule has 0 radical (unpaired) electrons. The van der Waals surface area contributed by atoms with Crippen molar-refractivity contribution in [2.45, 2.75) is 45.5 Å². The second kappa shape index (κ2) is 6.23. The fourth-order valence-electron chi connectivity index (χ4n) is 1.76. The lowest BCUT2D eigenvalue weighted by Crippen LogP contribution is -2.39. The van der Waals surface area contributed by atoms with Crippen LogP contribution in [0, 0.1) is 0 Å². The number of anilines is 1. The largest absolute Gasteiger partial charge is 0.405 e. The summed E-state index contributed by atoms with van der Waals surface area (Å²) < 4.78 is 37.6. The fraction of sp³-hybridized carbons (Fsp3) is 0.615. The molecule has 1 rings (SSSR count). The van der Waals surface area contributed by atoms with Crippen molar-refractivity contribution in [2.24, 2.45) is 5.73 Å². The van der Waals surface area contributed by atoms with Gasteiger partial charge in [0.25, 0.3) is 0 Å². The molecule has 3 nitrogen and oxygen atoms in total. The van der Waals surface area contributed by atoms with Crippen molar-refractivity contribution in [3.63, 3.8) is 0 Å². The number of alkyl halides is 3. The Bertz CT molecular complexity index is 387. The highest BCUT2D eigenvalue weighted by Gasteiger charge is 2.32. The molecule has 0 spiro atoms. The SMILES string of the molecule is CCC(N)c1ccc(N(CC(F)(F)F)C(C)C)cn1. The second-order valence-electron chi connectivity index (χ2n) is 4.79. The van der Waals surface area contributed by atoms with Crippen LogP contribution < -0.4 is 10.6 Å².